The predicted molar refractivity (Wildman–Crippen MR) is 90.3 cm³/mol. The molecular weight excluding hydrogens is 348 g/mol. The van der Waals surface area contributed by atoms with Crippen molar-refractivity contribution in [1.29, 1.82) is 0 Å². The Morgan fingerprint density at radius 2 is 1.58 bits per heavy atom. The quantitative estimate of drug-likeness (QED) is 0.158. The maximum absolute atomic E-state index is 12.0. The molecule has 0 saturated carbocycles. The van der Waals surface area contributed by atoms with E-state index in [0.29, 0.717) is 19.4 Å². The summed E-state index contributed by atoms with van der Waals surface area (Å²) in [5.41, 5.74) is 15.7. The third-order valence-corrected chi connectivity index (χ3v) is 3.19. The number of carboxylic acids is 1. The van der Waals surface area contributed by atoms with Crippen LogP contribution in [0.25, 0.3) is 0 Å². The van der Waals surface area contributed by atoms with Crippen LogP contribution in [-0.2, 0) is 24.0 Å². The van der Waals surface area contributed by atoms with Crippen molar-refractivity contribution in [2.45, 2.75) is 37.8 Å². The topological polar surface area (TPSA) is 220 Å². The third-order valence-electron chi connectivity index (χ3n) is 3.19. The standard InChI is InChI=1S/C14H26N6O6/c15-4-2-1-3-9(14(26)19-7-12(23)24)20-11(22)6-18-13(25)8(16)5-10(17)21/h8-9H,1-7,15-16H2,(H2,17,21)(H,18,25)(H,19,26)(H,20,22)(H,23,24). The fourth-order valence-electron chi connectivity index (χ4n) is 1.90. The first-order valence-electron chi connectivity index (χ1n) is 7.97. The van der Waals surface area contributed by atoms with Crippen LogP contribution >= 0.6 is 0 Å². The molecule has 0 aromatic carbocycles. The smallest absolute Gasteiger partial charge is 0.322 e. The van der Waals surface area contributed by atoms with Crippen LogP contribution in [0.3, 0.4) is 0 Å². The Morgan fingerprint density at radius 3 is 2.12 bits per heavy atom. The fraction of sp³-hybridized carbons (Fsp3) is 0.643. The molecule has 0 fully saturated rings. The third kappa shape index (κ3) is 10.9. The molecule has 0 aromatic heterocycles. The number of aliphatic carboxylic acids is 1. The first-order chi connectivity index (χ1) is 12.2. The number of hydrogen-bond donors (Lipinski definition) is 7. The minimum Gasteiger partial charge on any atom is -0.480 e. The van der Waals surface area contributed by atoms with Gasteiger partial charge in [0.2, 0.25) is 23.6 Å². The maximum Gasteiger partial charge on any atom is 0.322 e. The van der Waals surface area contributed by atoms with Crippen LogP contribution in [0.1, 0.15) is 25.7 Å². The average Bonchev–Trinajstić information content (AvgIpc) is 2.56. The Kier molecular flexibility index (Phi) is 11.3. The molecule has 26 heavy (non-hydrogen) atoms. The summed E-state index contributed by atoms with van der Waals surface area (Å²) >= 11 is 0. The second-order valence-electron chi connectivity index (χ2n) is 5.51. The molecule has 12 nitrogen and oxygen atoms in total. The van der Waals surface area contributed by atoms with E-state index in [-0.39, 0.29) is 12.8 Å². The lowest BCUT2D eigenvalue weighted by molar-refractivity contribution is -0.138. The van der Waals surface area contributed by atoms with Crippen molar-refractivity contribution in [3.63, 3.8) is 0 Å². The van der Waals surface area contributed by atoms with Gasteiger partial charge in [-0.3, -0.25) is 24.0 Å². The van der Waals surface area contributed by atoms with E-state index in [9.17, 15) is 24.0 Å². The SMILES string of the molecule is NCCCCC(NC(=O)CNC(=O)C(N)CC(N)=O)C(=O)NCC(=O)O. The number of carboxylic acid groups (broad SMARTS) is 1. The van der Waals surface area contributed by atoms with E-state index < -0.39 is 54.8 Å². The zero-order valence-electron chi connectivity index (χ0n) is 14.3. The maximum atomic E-state index is 12.0. The number of carbonyl (C=O) groups is 5. The van der Waals surface area contributed by atoms with E-state index in [1.165, 1.54) is 0 Å². The molecule has 0 bridgehead atoms. The number of amides is 4. The van der Waals surface area contributed by atoms with Crippen LogP contribution in [0.2, 0.25) is 0 Å². The summed E-state index contributed by atoms with van der Waals surface area (Å²) in [6.45, 7) is -0.642. The number of primary amides is 1. The van der Waals surface area contributed by atoms with Gasteiger partial charge in [0.05, 0.1) is 19.0 Å². The number of nitrogens with two attached hydrogens (primary N) is 3. The van der Waals surface area contributed by atoms with Gasteiger partial charge in [0.25, 0.3) is 0 Å². The molecule has 12 heteroatoms. The molecule has 0 aromatic rings. The molecule has 10 N–H and O–H groups in total. The van der Waals surface area contributed by atoms with Gasteiger partial charge in [-0.05, 0) is 25.8 Å². The Labute approximate surface area is 150 Å². The van der Waals surface area contributed by atoms with Gasteiger partial charge in [0, 0.05) is 0 Å². The highest BCUT2D eigenvalue weighted by atomic mass is 16.4. The second kappa shape index (κ2) is 12.6. The molecule has 0 heterocycles. The highest BCUT2D eigenvalue weighted by molar-refractivity contribution is 5.93. The van der Waals surface area contributed by atoms with Gasteiger partial charge >= 0.3 is 5.97 Å². The number of unbranched alkanes of at least 4 members (excludes halogenated alkanes) is 1. The summed E-state index contributed by atoms with van der Waals surface area (Å²) in [6.07, 6.45) is 1.05. The first-order valence-corrected chi connectivity index (χ1v) is 7.97. The molecule has 0 aliphatic rings. The van der Waals surface area contributed by atoms with Gasteiger partial charge in [-0.25, -0.2) is 0 Å². The highest BCUT2D eigenvalue weighted by Crippen LogP contribution is 2.01. The van der Waals surface area contributed by atoms with Crippen molar-refractivity contribution in [2.24, 2.45) is 17.2 Å². The van der Waals surface area contributed by atoms with Crippen LogP contribution in [0, 0.1) is 0 Å². The predicted octanol–water partition coefficient (Wildman–Crippen LogP) is -3.88. The van der Waals surface area contributed by atoms with Crippen LogP contribution in [0.5, 0.6) is 0 Å². The summed E-state index contributed by atoms with van der Waals surface area (Å²) in [5.74, 6) is -4.05. The van der Waals surface area contributed by atoms with Gasteiger partial charge in [-0.15, -0.1) is 0 Å². The van der Waals surface area contributed by atoms with Crippen LogP contribution in [0.15, 0.2) is 0 Å². The van der Waals surface area contributed by atoms with E-state index >= 15 is 0 Å². The fourth-order valence-corrected chi connectivity index (χ4v) is 1.90. The van der Waals surface area contributed by atoms with Crippen LogP contribution in [-0.4, -0.2) is 66.4 Å². The normalized spacial score (nSPS) is 12.5. The Balaban J connectivity index is 4.54. The molecular formula is C14H26N6O6. The minimum atomic E-state index is -1.22. The Morgan fingerprint density at radius 1 is 0.962 bits per heavy atom. The zero-order valence-corrected chi connectivity index (χ0v) is 14.3. The van der Waals surface area contributed by atoms with E-state index in [4.69, 9.17) is 22.3 Å². The van der Waals surface area contributed by atoms with E-state index in [1.54, 1.807) is 0 Å². The average molecular weight is 374 g/mol. The summed E-state index contributed by atoms with van der Waals surface area (Å²) in [7, 11) is 0. The van der Waals surface area contributed by atoms with Gasteiger partial charge in [-0.2, -0.15) is 0 Å². The molecule has 148 valence electrons. The van der Waals surface area contributed by atoms with Gasteiger partial charge in [-0.1, -0.05) is 0 Å². The van der Waals surface area contributed by atoms with Crippen LogP contribution < -0.4 is 33.2 Å². The number of nitrogens with one attached hydrogen (secondary N) is 3. The van der Waals surface area contributed by atoms with Crippen molar-refractivity contribution < 1.29 is 29.1 Å². The van der Waals surface area contributed by atoms with Crippen molar-refractivity contribution in [3.05, 3.63) is 0 Å². The van der Waals surface area contributed by atoms with Crippen molar-refractivity contribution in [1.82, 2.24) is 16.0 Å². The highest BCUT2D eigenvalue weighted by Gasteiger charge is 2.22. The lowest BCUT2D eigenvalue weighted by Gasteiger charge is -2.18. The van der Waals surface area contributed by atoms with Crippen molar-refractivity contribution in [3.8, 4) is 0 Å². The molecule has 0 rings (SSSR count). The molecule has 0 saturated heterocycles. The van der Waals surface area contributed by atoms with E-state index in [2.05, 4.69) is 16.0 Å². The first kappa shape index (κ1) is 23.3. The summed E-state index contributed by atoms with van der Waals surface area (Å²) < 4.78 is 0. The molecule has 2 unspecified atom stereocenters. The van der Waals surface area contributed by atoms with Crippen molar-refractivity contribution >= 4 is 29.6 Å². The second-order valence-corrected chi connectivity index (χ2v) is 5.51. The Hall–Kier alpha value is -2.73. The molecule has 0 radical (unpaired) electrons. The number of carbonyl (C=O) groups excluding carboxylic acids is 4. The molecule has 0 spiro atoms. The molecule has 2 atom stereocenters. The van der Waals surface area contributed by atoms with Crippen molar-refractivity contribution in [2.75, 3.05) is 19.6 Å². The number of rotatable bonds is 13. The van der Waals surface area contributed by atoms with Gasteiger partial charge in [0.1, 0.15) is 12.6 Å². The lowest BCUT2D eigenvalue weighted by Crippen LogP contribution is -2.51. The van der Waals surface area contributed by atoms with E-state index in [0.717, 1.165) is 0 Å². The monoisotopic (exact) mass is 374 g/mol. The molecule has 0 aliphatic heterocycles. The van der Waals surface area contributed by atoms with E-state index in [1.807, 2.05) is 0 Å². The molecule has 0 aliphatic carbocycles. The Bertz CT molecular complexity index is 526. The minimum absolute atomic E-state index is 0.254. The van der Waals surface area contributed by atoms with Gasteiger partial charge in [0.15, 0.2) is 0 Å². The van der Waals surface area contributed by atoms with Crippen LogP contribution in [0.4, 0.5) is 0 Å². The molecule has 4 amide bonds. The summed E-state index contributed by atoms with van der Waals surface area (Å²) in [4.78, 5) is 56.7. The zero-order chi connectivity index (χ0) is 20.1. The summed E-state index contributed by atoms with van der Waals surface area (Å²) in [5, 5.41) is 15.4. The number of hydrogen-bond acceptors (Lipinski definition) is 7. The summed E-state index contributed by atoms with van der Waals surface area (Å²) in [6, 6.07) is -2.15. The van der Waals surface area contributed by atoms with Gasteiger partial charge < -0.3 is 38.3 Å². The largest absolute Gasteiger partial charge is 0.480 e. The lowest BCUT2D eigenvalue weighted by atomic mass is 10.1.